The summed E-state index contributed by atoms with van der Waals surface area (Å²) in [5.74, 6) is 0.605. The van der Waals surface area contributed by atoms with E-state index in [1.165, 1.54) is 76.6 Å². The first-order valence-corrected chi connectivity index (χ1v) is 16.7. The van der Waals surface area contributed by atoms with Gasteiger partial charge in [-0.25, -0.2) is 9.98 Å². The van der Waals surface area contributed by atoms with Crippen LogP contribution in [0.4, 0.5) is 0 Å². The number of hydrogen-bond donors (Lipinski definition) is 0. The Morgan fingerprint density at radius 3 is 2.23 bits per heavy atom. The number of fused-ring (bicyclic) bond motifs is 12. The van der Waals surface area contributed by atoms with Crippen molar-refractivity contribution in [3.63, 3.8) is 0 Å². The van der Waals surface area contributed by atoms with Crippen LogP contribution in [0.3, 0.4) is 0 Å². The second-order valence-electron chi connectivity index (χ2n) is 13.0. The van der Waals surface area contributed by atoms with E-state index in [9.17, 15) is 0 Å². The van der Waals surface area contributed by atoms with Gasteiger partial charge in [-0.1, -0.05) is 121 Å². The molecular weight excluding hydrogens is 585 g/mol. The van der Waals surface area contributed by atoms with Crippen LogP contribution in [-0.4, -0.2) is 21.6 Å². The molecule has 48 heavy (non-hydrogen) atoms. The van der Waals surface area contributed by atoms with Crippen molar-refractivity contribution >= 4 is 84.2 Å². The summed E-state index contributed by atoms with van der Waals surface area (Å²) in [6.45, 7) is 6.19. The minimum atomic E-state index is 0.605. The molecule has 0 aliphatic heterocycles. The third kappa shape index (κ3) is 3.71. The Bertz CT molecular complexity index is 2810. The van der Waals surface area contributed by atoms with Crippen molar-refractivity contribution in [2.45, 2.75) is 26.2 Å². The number of benzene rings is 5. The lowest BCUT2D eigenvalue weighted by Gasteiger charge is -2.15. The Kier molecular flexibility index (Phi) is 5.80. The first-order chi connectivity index (χ1) is 23.7. The van der Waals surface area contributed by atoms with Crippen molar-refractivity contribution in [1.29, 1.82) is 0 Å². The minimum absolute atomic E-state index is 0.605. The van der Waals surface area contributed by atoms with Crippen molar-refractivity contribution in [2.24, 2.45) is 9.98 Å². The van der Waals surface area contributed by atoms with Gasteiger partial charge in [0.15, 0.2) is 0 Å². The highest BCUT2D eigenvalue weighted by molar-refractivity contribution is 6.29. The predicted molar refractivity (Wildman–Crippen MR) is 205 cm³/mol. The van der Waals surface area contributed by atoms with Gasteiger partial charge in [0.05, 0.1) is 27.8 Å². The van der Waals surface area contributed by atoms with Crippen LogP contribution in [-0.2, 0) is 6.42 Å². The summed E-state index contributed by atoms with van der Waals surface area (Å²) in [7, 11) is 0. The van der Waals surface area contributed by atoms with Gasteiger partial charge in [0.25, 0.3) is 0 Å². The van der Waals surface area contributed by atoms with Crippen LogP contribution in [0.25, 0.3) is 71.5 Å². The minimum Gasteiger partial charge on any atom is -0.307 e. The summed E-state index contributed by atoms with van der Waals surface area (Å²) >= 11 is 0. The molecule has 0 fully saturated rings. The van der Waals surface area contributed by atoms with Crippen LogP contribution in [0.15, 0.2) is 137 Å². The molecule has 0 unspecified atom stereocenters. The number of aryl methyl sites for hydroxylation is 1. The van der Waals surface area contributed by atoms with Crippen molar-refractivity contribution in [3.05, 3.63) is 149 Å². The molecule has 0 saturated carbocycles. The first kappa shape index (κ1) is 27.1. The molecule has 0 atom stereocenters. The molecule has 8 aromatic rings. The van der Waals surface area contributed by atoms with E-state index in [0.717, 1.165) is 36.0 Å². The summed E-state index contributed by atoms with van der Waals surface area (Å²) in [5, 5.41) is 8.93. The summed E-state index contributed by atoms with van der Waals surface area (Å²) in [6.07, 6.45) is 15.8. The molecule has 4 nitrogen and oxygen atoms in total. The fraction of sp³-hybridized carbons (Fsp3) is 0.0909. The van der Waals surface area contributed by atoms with Gasteiger partial charge >= 0.3 is 0 Å². The lowest BCUT2D eigenvalue weighted by molar-refractivity contribution is 0.905. The highest BCUT2D eigenvalue weighted by Crippen LogP contribution is 2.44. The highest BCUT2D eigenvalue weighted by Gasteiger charge is 2.25. The second kappa shape index (κ2) is 10.2. The molecule has 0 amide bonds. The maximum atomic E-state index is 5.35. The van der Waals surface area contributed by atoms with E-state index in [4.69, 9.17) is 4.99 Å². The van der Waals surface area contributed by atoms with Gasteiger partial charge in [0.2, 0.25) is 5.96 Å². The predicted octanol–water partition coefficient (Wildman–Crippen LogP) is 11.0. The van der Waals surface area contributed by atoms with Gasteiger partial charge in [-0.3, -0.25) is 4.57 Å². The van der Waals surface area contributed by atoms with Crippen LogP contribution < -0.4 is 0 Å². The van der Waals surface area contributed by atoms with E-state index in [0.29, 0.717) is 5.96 Å². The molecule has 0 spiro atoms. The zero-order valence-electron chi connectivity index (χ0n) is 26.7. The molecule has 0 saturated heterocycles. The molecule has 0 radical (unpaired) electrons. The molecule has 228 valence electrons. The Hall–Kier alpha value is -6.00. The van der Waals surface area contributed by atoms with Crippen LogP contribution in [0.1, 0.15) is 35.2 Å². The summed E-state index contributed by atoms with van der Waals surface area (Å²) in [4.78, 5) is 10.00. The number of aromatic nitrogens is 2. The average molecular weight is 617 g/mol. The van der Waals surface area contributed by atoms with Crippen molar-refractivity contribution in [2.75, 3.05) is 0 Å². The molecule has 5 aromatic carbocycles. The summed E-state index contributed by atoms with van der Waals surface area (Å²) < 4.78 is 4.76. The molecule has 2 aliphatic carbocycles. The van der Waals surface area contributed by atoms with E-state index in [-0.39, 0.29) is 0 Å². The standard InChI is InChI=1S/C44H32N4/c1-27-19-21-29(22-20-27)41(28-11-4-3-5-12-28)46-44(45-2)47-38-18-9-7-14-36(38)40-31-23-24-35-33-16-10-15-32-30-13-6-8-17-37(30)48(42(32)33)43(35)34(31)25-26-39(40)47/h3-8,10-11,13-17,19-26H,2,9,12,18H2,1H3/b41-28-,46-44?. The van der Waals surface area contributed by atoms with E-state index < -0.39 is 0 Å². The first-order valence-electron chi connectivity index (χ1n) is 16.7. The van der Waals surface area contributed by atoms with Crippen LogP contribution >= 0.6 is 0 Å². The third-order valence-electron chi connectivity index (χ3n) is 10.3. The number of rotatable bonds is 2. The third-order valence-corrected chi connectivity index (χ3v) is 10.3. The fourth-order valence-electron chi connectivity index (χ4n) is 8.24. The number of hydrogen-bond acceptors (Lipinski definition) is 1. The quantitative estimate of drug-likeness (QED) is 0.137. The van der Waals surface area contributed by atoms with Crippen molar-refractivity contribution in [3.8, 4) is 0 Å². The largest absolute Gasteiger partial charge is 0.307 e. The van der Waals surface area contributed by atoms with Gasteiger partial charge in [-0.15, -0.1) is 0 Å². The molecule has 3 aromatic heterocycles. The number of allylic oxidation sites excluding steroid dienone is 6. The number of aliphatic imine (C=N–C) groups is 2. The zero-order valence-corrected chi connectivity index (χ0v) is 26.7. The van der Waals surface area contributed by atoms with E-state index in [1.807, 2.05) is 0 Å². The molecule has 10 rings (SSSR count). The smallest absolute Gasteiger partial charge is 0.234 e. The van der Waals surface area contributed by atoms with E-state index in [2.05, 4.69) is 155 Å². The number of nitrogens with zero attached hydrogens (tertiary/aromatic N) is 4. The second-order valence-corrected chi connectivity index (χ2v) is 13.0. The van der Waals surface area contributed by atoms with Crippen LogP contribution in [0.5, 0.6) is 0 Å². The van der Waals surface area contributed by atoms with Crippen LogP contribution in [0, 0.1) is 6.92 Å². The summed E-state index contributed by atoms with van der Waals surface area (Å²) in [6, 6.07) is 33.4. The monoisotopic (exact) mass is 616 g/mol. The van der Waals surface area contributed by atoms with Crippen LogP contribution in [0.2, 0.25) is 0 Å². The molecule has 3 heterocycles. The lowest BCUT2D eigenvalue weighted by atomic mass is 9.97. The SMILES string of the molecule is C=NC(=N/C(=C1/C=CC=CC1)c1ccc(C)cc1)n1c2c(c3c4ccc5c6cccc7c8ccccc8n(c5c4ccc31)c76)C=CCC2. The Labute approximate surface area is 278 Å². The zero-order chi connectivity index (χ0) is 31.9. The summed E-state index contributed by atoms with van der Waals surface area (Å²) in [5.41, 5.74) is 11.8. The normalized spacial score (nSPS) is 16.0. The van der Waals surface area contributed by atoms with Gasteiger partial charge in [-0.2, -0.15) is 0 Å². The fourth-order valence-corrected chi connectivity index (χ4v) is 8.24. The lowest BCUT2D eigenvalue weighted by Crippen LogP contribution is -2.14. The maximum Gasteiger partial charge on any atom is 0.234 e. The van der Waals surface area contributed by atoms with E-state index in [1.54, 1.807) is 0 Å². The Morgan fingerprint density at radius 2 is 1.42 bits per heavy atom. The van der Waals surface area contributed by atoms with Crippen molar-refractivity contribution < 1.29 is 0 Å². The van der Waals surface area contributed by atoms with Gasteiger partial charge in [-0.05, 0) is 56.0 Å². The highest BCUT2D eigenvalue weighted by atomic mass is 15.2. The Morgan fingerprint density at radius 1 is 0.688 bits per heavy atom. The molecule has 0 bridgehead atoms. The number of para-hydroxylation sites is 2. The topological polar surface area (TPSA) is 34.1 Å². The molecule has 2 aliphatic rings. The average Bonchev–Trinajstić information content (AvgIpc) is 3.78. The maximum absolute atomic E-state index is 5.35. The van der Waals surface area contributed by atoms with E-state index >= 15 is 0 Å². The van der Waals surface area contributed by atoms with Gasteiger partial charge in [0, 0.05) is 49.1 Å². The molecule has 0 N–H and O–H groups in total. The molecular formula is C44H32N4. The molecule has 4 heteroatoms. The van der Waals surface area contributed by atoms with Gasteiger partial charge < -0.3 is 4.40 Å². The Balaban J connectivity index is 1.29. The van der Waals surface area contributed by atoms with Gasteiger partial charge in [0.1, 0.15) is 0 Å². The van der Waals surface area contributed by atoms with Crippen molar-refractivity contribution in [1.82, 2.24) is 8.97 Å².